The molecule has 0 unspecified atom stereocenters. The highest BCUT2D eigenvalue weighted by molar-refractivity contribution is 7.17. The Hall–Kier alpha value is -2.34. The highest BCUT2D eigenvalue weighted by atomic mass is 32.1. The molecule has 0 fully saturated rings. The largest absolute Gasteiger partial charge is 0.484 e. The molecule has 3 rings (SSSR count). The summed E-state index contributed by atoms with van der Waals surface area (Å²) in [5.74, 6) is 0.437. The lowest BCUT2D eigenvalue weighted by molar-refractivity contribution is -0.118. The fourth-order valence-corrected chi connectivity index (χ4v) is 4.48. The first-order chi connectivity index (χ1) is 11.9. The van der Waals surface area contributed by atoms with Gasteiger partial charge in [0, 0.05) is 4.88 Å². The van der Waals surface area contributed by atoms with Crippen molar-refractivity contribution in [1.29, 1.82) is 0 Å². The molecular weight excluding hydrogens is 336 g/mol. The Bertz CT molecular complexity index is 796. The number of ether oxygens (including phenoxy) is 1. The number of rotatable bonds is 5. The zero-order chi connectivity index (χ0) is 18.0. The minimum atomic E-state index is -0.484. The molecule has 1 atom stereocenters. The fourth-order valence-electron chi connectivity index (χ4n) is 3.05. The smallest absolute Gasteiger partial charge is 0.262 e. The lowest BCUT2D eigenvalue weighted by Gasteiger charge is -2.18. The average Bonchev–Trinajstić information content (AvgIpc) is 2.91. The van der Waals surface area contributed by atoms with Crippen LogP contribution < -0.4 is 15.8 Å². The van der Waals surface area contributed by atoms with Crippen LogP contribution in [0.15, 0.2) is 24.3 Å². The number of nitrogens with two attached hydrogens (primary N) is 1. The number of fused-ring (bicyclic) bond motifs is 1. The van der Waals surface area contributed by atoms with E-state index < -0.39 is 5.91 Å². The standard InChI is InChI=1S/C19H22N2O3S/c1-11-3-6-13(7-4-11)24-10-16(22)21-19-17(18(20)23)14-8-5-12(2)9-15(14)25-19/h3-4,6-7,12H,5,8-10H2,1-2H3,(H2,20,23)(H,21,22)/t12-/m1/s1. The molecule has 3 N–H and O–H groups in total. The van der Waals surface area contributed by atoms with Crippen LogP contribution in [0.25, 0.3) is 0 Å². The van der Waals surface area contributed by atoms with E-state index in [0.717, 1.165) is 35.3 Å². The van der Waals surface area contributed by atoms with Gasteiger partial charge in [-0.25, -0.2) is 0 Å². The van der Waals surface area contributed by atoms with Crippen LogP contribution in [0.4, 0.5) is 5.00 Å². The van der Waals surface area contributed by atoms with E-state index in [2.05, 4.69) is 12.2 Å². The first kappa shape index (κ1) is 17.5. The van der Waals surface area contributed by atoms with Gasteiger partial charge in [-0.1, -0.05) is 24.6 Å². The minimum absolute atomic E-state index is 0.111. The van der Waals surface area contributed by atoms with Crippen LogP contribution in [-0.4, -0.2) is 18.4 Å². The Kier molecular flexibility index (Phi) is 5.08. The molecule has 5 nitrogen and oxygen atoms in total. The second-order valence-corrected chi connectivity index (χ2v) is 7.68. The number of carbonyl (C=O) groups excluding carboxylic acids is 2. The number of primary amides is 1. The number of thiophene rings is 1. The molecule has 0 bridgehead atoms. The summed E-state index contributed by atoms with van der Waals surface area (Å²) in [6, 6.07) is 7.49. The Balaban J connectivity index is 1.70. The fraction of sp³-hybridized carbons (Fsp3) is 0.368. The second-order valence-electron chi connectivity index (χ2n) is 6.57. The Labute approximate surface area is 151 Å². The number of carbonyl (C=O) groups is 2. The van der Waals surface area contributed by atoms with Crippen molar-refractivity contribution in [2.24, 2.45) is 11.7 Å². The van der Waals surface area contributed by atoms with E-state index in [0.29, 0.717) is 22.2 Å². The summed E-state index contributed by atoms with van der Waals surface area (Å²) in [4.78, 5) is 25.3. The maximum atomic E-state index is 12.2. The first-order valence-corrected chi connectivity index (χ1v) is 9.19. The molecule has 2 amide bonds. The monoisotopic (exact) mass is 358 g/mol. The molecule has 0 saturated heterocycles. The number of aryl methyl sites for hydroxylation is 1. The van der Waals surface area contributed by atoms with Crippen LogP contribution in [0.3, 0.4) is 0 Å². The van der Waals surface area contributed by atoms with Gasteiger partial charge in [0.05, 0.1) is 5.56 Å². The molecule has 1 heterocycles. The number of amides is 2. The van der Waals surface area contributed by atoms with Gasteiger partial charge in [0.2, 0.25) is 0 Å². The van der Waals surface area contributed by atoms with E-state index >= 15 is 0 Å². The van der Waals surface area contributed by atoms with Crippen molar-refractivity contribution in [2.75, 3.05) is 11.9 Å². The third-order valence-electron chi connectivity index (χ3n) is 4.40. The number of hydrogen-bond acceptors (Lipinski definition) is 4. The summed E-state index contributed by atoms with van der Waals surface area (Å²) in [6.07, 6.45) is 2.80. The van der Waals surface area contributed by atoms with Crippen molar-refractivity contribution in [3.8, 4) is 5.75 Å². The second kappa shape index (κ2) is 7.27. The van der Waals surface area contributed by atoms with Crippen molar-refractivity contribution >= 4 is 28.2 Å². The average molecular weight is 358 g/mol. The molecule has 0 aliphatic heterocycles. The van der Waals surface area contributed by atoms with Gasteiger partial charge in [-0.05, 0) is 49.8 Å². The van der Waals surface area contributed by atoms with E-state index in [1.165, 1.54) is 11.3 Å². The Morgan fingerprint density at radius 1 is 1.32 bits per heavy atom. The predicted octanol–water partition coefficient (Wildman–Crippen LogP) is 3.30. The maximum absolute atomic E-state index is 12.2. The van der Waals surface area contributed by atoms with Crippen molar-refractivity contribution in [1.82, 2.24) is 0 Å². The van der Waals surface area contributed by atoms with Crippen molar-refractivity contribution in [3.63, 3.8) is 0 Å². The molecule has 6 heteroatoms. The number of anilines is 1. The van der Waals surface area contributed by atoms with Crippen molar-refractivity contribution in [2.45, 2.75) is 33.1 Å². The summed E-state index contributed by atoms with van der Waals surface area (Å²) in [5, 5.41) is 3.34. The third kappa shape index (κ3) is 4.02. The van der Waals surface area contributed by atoms with Crippen LogP contribution in [-0.2, 0) is 17.6 Å². The summed E-state index contributed by atoms with van der Waals surface area (Å²) in [6.45, 7) is 4.07. The van der Waals surface area contributed by atoms with Crippen molar-refractivity contribution in [3.05, 3.63) is 45.8 Å². The Morgan fingerprint density at radius 3 is 2.72 bits per heavy atom. The van der Waals surface area contributed by atoms with Gasteiger partial charge in [0.1, 0.15) is 10.8 Å². The highest BCUT2D eigenvalue weighted by Crippen LogP contribution is 2.39. The molecule has 1 aromatic carbocycles. The van der Waals surface area contributed by atoms with E-state index in [1.807, 2.05) is 31.2 Å². The number of benzene rings is 1. The maximum Gasteiger partial charge on any atom is 0.262 e. The van der Waals surface area contributed by atoms with Gasteiger partial charge in [0.25, 0.3) is 11.8 Å². The topological polar surface area (TPSA) is 81.4 Å². The van der Waals surface area contributed by atoms with Crippen LogP contribution in [0.2, 0.25) is 0 Å². The van der Waals surface area contributed by atoms with E-state index in [4.69, 9.17) is 10.5 Å². The zero-order valence-electron chi connectivity index (χ0n) is 14.4. The third-order valence-corrected chi connectivity index (χ3v) is 5.57. The molecule has 2 aromatic rings. The lowest BCUT2D eigenvalue weighted by atomic mass is 9.88. The van der Waals surface area contributed by atoms with Crippen molar-refractivity contribution < 1.29 is 14.3 Å². The summed E-state index contributed by atoms with van der Waals surface area (Å²) in [7, 11) is 0. The molecule has 1 aliphatic rings. The van der Waals surface area contributed by atoms with Gasteiger partial charge in [-0.2, -0.15) is 0 Å². The predicted molar refractivity (Wildman–Crippen MR) is 99.3 cm³/mol. The number of hydrogen-bond donors (Lipinski definition) is 2. The zero-order valence-corrected chi connectivity index (χ0v) is 15.2. The highest BCUT2D eigenvalue weighted by Gasteiger charge is 2.27. The van der Waals surface area contributed by atoms with Gasteiger partial charge in [-0.15, -0.1) is 11.3 Å². The molecular formula is C19H22N2O3S. The number of nitrogens with one attached hydrogen (secondary N) is 1. The van der Waals surface area contributed by atoms with E-state index in [9.17, 15) is 9.59 Å². The minimum Gasteiger partial charge on any atom is -0.484 e. The summed E-state index contributed by atoms with van der Waals surface area (Å²) >= 11 is 1.46. The summed E-state index contributed by atoms with van der Waals surface area (Å²) in [5.41, 5.74) is 8.16. The normalized spacial score (nSPS) is 16.2. The van der Waals surface area contributed by atoms with E-state index in [1.54, 1.807) is 0 Å². The van der Waals surface area contributed by atoms with Crippen LogP contribution in [0, 0.1) is 12.8 Å². The van der Waals surface area contributed by atoms with Crippen LogP contribution >= 0.6 is 11.3 Å². The Morgan fingerprint density at radius 2 is 2.04 bits per heavy atom. The lowest BCUT2D eigenvalue weighted by Crippen LogP contribution is -2.22. The van der Waals surface area contributed by atoms with Crippen LogP contribution in [0.1, 0.15) is 39.7 Å². The molecule has 0 spiro atoms. The van der Waals surface area contributed by atoms with E-state index in [-0.39, 0.29) is 12.5 Å². The molecule has 0 saturated carbocycles. The van der Waals surface area contributed by atoms with Gasteiger partial charge in [-0.3, -0.25) is 9.59 Å². The molecule has 0 radical (unpaired) electrons. The molecule has 25 heavy (non-hydrogen) atoms. The quantitative estimate of drug-likeness (QED) is 0.860. The molecule has 1 aliphatic carbocycles. The molecule has 132 valence electrons. The summed E-state index contributed by atoms with van der Waals surface area (Å²) < 4.78 is 5.49. The first-order valence-electron chi connectivity index (χ1n) is 8.37. The SMILES string of the molecule is Cc1ccc(OCC(=O)Nc2sc3c(c2C(N)=O)CC[C@@H](C)C3)cc1. The molecule has 1 aromatic heterocycles. The van der Waals surface area contributed by atoms with Gasteiger partial charge < -0.3 is 15.8 Å². The van der Waals surface area contributed by atoms with Gasteiger partial charge in [0.15, 0.2) is 6.61 Å². The van der Waals surface area contributed by atoms with Crippen LogP contribution in [0.5, 0.6) is 5.75 Å². The van der Waals surface area contributed by atoms with Gasteiger partial charge >= 0.3 is 0 Å².